The van der Waals surface area contributed by atoms with Gasteiger partial charge in [0.15, 0.2) is 11.6 Å². The Balaban J connectivity index is 1.84. The van der Waals surface area contributed by atoms with E-state index in [-0.39, 0.29) is 17.0 Å². The number of hydrogen-bond donors (Lipinski definition) is 1. The van der Waals surface area contributed by atoms with Gasteiger partial charge in [-0.15, -0.1) is 0 Å². The normalized spacial score (nSPS) is 13.9. The zero-order chi connectivity index (χ0) is 22.3. The lowest BCUT2D eigenvalue weighted by atomic mass is 10.0. The van der Waals surface area contributed by atoms with E-state index in [1.54, 1.807) is 12.1 Å². The molecule has 1 N–H and O–H groups in total. The predicted molar refractivity (Wildman–Crippen MR) is 116 cm³/mol. The molecule has 0 aromatic heterocycles. The van der Waals surface area contributed by atoms with Gasteiger partial charge in [0.1, 0.15) is 5.70 Å². The molecule has 4 rings (SSSR count). The quantitative estimate of drug-likeness (QED) is 0.586. The lowest BCUT2D eigenvalue weighted by Crippen LogP contribution is -2.32. The molecular weight excluding hydrogens is 398 g/mol. The highest BCUT2D eigenvalue weighted by Gasteiger charge is 2.40. The molecule has 0 spiro atoms. The number of imide groups is 1. The van der Waals surface area contributed by atoms with E-state index >= 15 is 0 Å². The summed E-state index contributed by atoms with van der Waals surface area (Å²) in [4.78, 5) is 27.5. The first-order chi connectivity index (χ1) is 14.8. The van der Waals surface area contributed by atoms with Crippen molar-refractivity contribution < 1.29 is 18.4 Å². The van der Waals surface area contributed by atoms with Crippen molar-refractivity contribution in [2.24, 2.45) is 0 Å². The Hall–Kier alpha value is -3.80. The number of amides is 2. The third kappa shape index (κ3) is 3.72. The highest BCUT2D eigenvalue weighted by molar-refractivity contribution is 6.46. The van der Waals surface area contributed by atoms with Gasteiger partial charge in [0.2, 0.25) is 0 Å². The summed E-state index contributed by atoms with van der Waals surface area (Å²) in [6.07, 6.45) is 0. The van der Waals surface area contributed by atoms with Crippen LogP contribution in [-0.2, 0) is 9.59 Å². The molecule has 1 heterocycles. The van der Waals surface area contributed by atoms with E-state index in [0.717, 1.165) is 33.7 Å². The summed E-state index contributed by atoms with van der Waals surface area (Å²) in [6, 6.07) is 15.8. The molecule has 4 nitrogen and oxygen atoms in total. The predicted octanol–water partition coefficient (Wildman–Crippen LogP) is 5.29. The number of hydrogen-bond acceptors (Lipinski definition) is 3. The fourth-order valence-corrected chi connectivity index (χ4v) is 3.58. The van der Waals surface area contributed by atoms with Gasteiger partial charge in [-0.3, -0.25) is 9.59 Å². The largest absolute Gasteiger partial charge is 0.350 e. The minimum atomic E-state index is -1.13. The molecule has 2 amide bonds. The van der Waals surface area contributed by atoms with Gasteiger partial charge < -0.3 is 5.32 Å². The number of rotatable bonds is 4. The number of nitrogens with one attached hydrogen (secondary N) is 1. The molecule has 0 saturated heterocycles. The number of anilines is 2. The van der Waals surface area contributed by atoms with E-state index in [4.69, 9.17) is 0 Å². The summed E-state index contributed by atoms with van der Waals surface area (Å²) in [6.45, 7) is 5.78. The highest BCUT2D eigenvalue weighted by atomic mass is 19.2. The third-order valence-electron chi connectivity index (χ3n) is 5.23. The van der Waals surface area contributed by atoms with E-state index in [1.807, 2.05) is 51.1 Å². The number of halogens is 2. The lowest BCUT2D eigenvalue weighted by Gasteiger charge is -2.16. The van der Waals surface area contributed by atoms with Crippen molar-refractivity contribution in [1.29, 1.82) is 0 Å². The summed E-state index contributed by atoms with van der Waals surface area (Å²) in [5, 5.41) is 3.11. The number of carbonyl (C=O) groups excluding carboxylic acids is 2. The topological polar surface area (TPSA) is 49.4 Å². The Morgan fingerprint density at radius 2 is 1.42 bits per heavy atom. The minimum Gasteiger partial charge on any atom is -0.350 e. The van der Waals surface area contributed by atoms with Gasteiger partial charge >= 0.3 is 0 Å². The standard InChI is InChI=1S/C25H20F2N2O2/c1-14-4-7-17(8-5-14)22-23(28-21-11-6-15(2)12-16(21)3)25(31)29(24(22)30)18-9-10-19(26)20(27)13-18/h4-13,28H,1-3H3. The highest BCUT2D eigenvalue weighted by Crippen LogP contribution is 2.35. The molecule has 0 aliphatic carbocycles. The van der Waals surface area contributed by atoms with Crippen LogP contribution >= 0.6 is 0 Å². The first kappa shape index (κ1) is 20.5. The molecule has 0 radical (unpaired) electrons. The Labute approximate surface area is 178 Å². The van der Waals surface area contributed by atoms with E-state index in [0.29, 0.717) is 11.3 Å². The van der Waals surface area contributed by atoms with E-state index in [1.165, 1.54) is 6.07 Å². The minimum absolute atomic E-state index is 0.0315. The van der Waals surface area contributed by atoms with E-state index in [9.17, 15) is 18.4 Å². The van der Waals surface area contributed by atoms with Gasteiger partial charge in [-0.1, -0.05) is 47.5 Å². The van der Waals surface area contributed by atoms with Crippen molar-refractivity contribution in [1.82, 2.24) is 0 Å². The zero-order valence-corrected chi connectivity index (χ0v) is 17.3. The van der Waals surface area contributed by atoms with E-state index < -0.39 is 23.4 Å². The zero-order valence-electron chi connectivity index (χ0n) is 17.3. The van der Waals surface area contributed by atoms with Crippen LogP contribution in [0.15, 0.2) is 66.4 Å². The van der Waals surface area contributed by atoms with Crippen LogP contribution in [0.3, 0.4) is 0 Å². The van der Waals surface area contributed by atoms with Crippen molar-refractivity contribution in [3.63, 3.8) is 0 Å². The summed E-state index contributed by atoms with van der Waals surface area (Å²) in [5.74, 6) is -3.42. The summed E-state index contributed by atoms with van der Waals surface area (Å²) in [5.41, 5.74) is 4.44. The molecule has 1 aliphatic rings. The molecule has 0 bridgehead atoms. The number of aryl methyl sites for hydroxylation is 3. The maximum atomic E-state index is 13.8. The molecule has 0 saturated carbocycles. The molecule has 6 heteroatoms. The van der Waals surface area contributed by atoms with Crippen LogP contribution in [0.5, 0.6) is 0 Å². The van der Waals surface area contributed by atoms with Gasteiger partial charge in [-0.25, -0.2) is 13.7 Å². The van der Waals surface area contributed by atoms with Crippen molar-refractivity contribution in [3.8, 4) is 0 Å². The summed E-state index contributed by atoms with van der Waals surface area (Å²) >= 11 is 0. The fourth-order valence-electron chi connectivity index (χ4n) is 3.58. The molecule has 0 fully saturated rings. The van der Waals surface area contributed by atoms with Gasteiger partial charge in [0.05, 0.1) is 11.3 Å². The monoisotopic (exact) mass is 418 g/mol. The summed E-state index contributed by atoms with van der Waals surface area (Å²) in [7, 11) is 0. The summed E-state index contributed by atoms with van der Waals surface area (Å²) < 4.78 is 27.2. The molecule has 1 aliphatic heterocycles. The van der Waals surface area contributed by atoms with Crippen LogP contribution in [-0.4, -0.2) is 11.8 Å². The van der Waals surface area contributed by atoms with Crippen molar-refractivity contribution >= 4 is 28.8 Å². The maximum absolute atomic E-state index is 13.8. The van der Waals surface area contributed by atoms with E-state index in [2.05, 4.69) is 5.32 Å². The second-order valence-corrected chi connectivity index (χ2v) is 7.60. The number of carbonyl (C=O) groups is 2. The lowest BCUT2D eigenvalue weighted by molar-refractivity contribution is -0.120. The molecule has 0 unspecified atom stereocenters. The second-order valence-electron chi connectivity index (χ2n) is 7.60. The fraction of sp³-hybridized carbons (Fsp3) is 0.120. The number of nitrogens with zero attached hydrogens (tertiary/aromatic N) is 1. The Kier molecular flexibility index (Phi) is 5.15. The Bertz CT molecular complexity index is 1250. The van der Waals surface area contributed by atoms with Crippen LogP contribution in [0.1, 0.15) is 22.3 Å². The van der Waals surface area contributed by atoms with Crippen LogP contribution < -0.4 is 10.2 Å². The molecule has 3 aromatic rings. The molecular formula is C25H20F2N2O2. The Morgan fingerprint density at radius 3 is 2.06 bits per heavy atom. The van der Waals surface area contributed by atoms with Gasteiger partial charge in [0, 0.05) is 11.8 Å². The van der Waals surface area contributed by atoms with Gasteiger partial charge in [-0.2, -0.15) is 0 Å². The smallest absolute Gasteiger partial charge is 0.282 e. The first-order valence-electron chi connectivity index (χ1n) is 9.75. The molecule has 3 aromatic carbocycles. The molecule has 31 heavy (non-hydrogen) atoms. The first-order valence-corrected chi connectivity index (χ1v) is 9.75. The molecule has 0 atom stereocenters. The average molecular weight is 418 g/mol. The third-order valence-corrected chi connectivity index (χ3v) is 5.23. The Morgan fingerprint density at radius 1 is 0.742 bits per heavy atom. The SMILES string of the molecule is Cc1ccc(C2=C(Nc3ccc(C)cc3C)C(=O)N(c3ccc(F)c(F)c3)C2=O)cc1. The average Bonchev–Trinajstić information content (AvgIpc) is 2.97. The van der Waals surface area contributed by atoms with Gasteiger partial charge in [0.25, 0.3) is 11.8 Å². The second kappa shape index (κ2) is 7.80. The van der Waals surface area contributed by atoms with Crippen LogP contribution in [0.25, 0.3) is 5.57 Å². The van der Waals surface area contributed by atoms with Crippen molar-refractivity contribution in [2.75, 3.05) is 10.2 Å². The molecule has 156 valence electrons. The number of benzene rings is 3. The van der Waals surface area contributed by atoms with Crippen LogP contribution in [0.4, 0.5) is 20.2 Å². The van der Waals surface area contributed by atoms with Crippen molar-refractivity contribution in [3.05, 3.63) is 100 Å². The van der Waals surface area contributed by atoms with Crippen molar-refractivity contribution in [2.45, 2.75) is 20.8 Å². The van der Waals surface area contributed by atoms with Gasteiger partial charge in [-0.05, 0) is 50.1 Å². The van der Waals surface area contributed by atoms with Crippen LogP contribution in [0.2, 0.25) is 0 Å². The maximum Gasteiger partial charge on any atom is 0.282 e. The van der Waals surface area contributed by atoms with Crippen LogP contribution in [0, 0.1) is 32.4 Å².